The summed E-state index contributed by atoms with van der Waals surface area (Å²) in [4.78, 5) is 20.8. The van der Waals surface area contributed by atoms with Crippen LogP contribution in [0, 0.1) is 0 Å². The molecule has 0 saturated carbocycles. The highest BCUT2D eigenvalue weighted by molar-refractivity contribution is 5.71. The highest BCUT2D eigenvalue weighted by Gasteiger charge is 1.98. The molecule has 6 nitrogen and oxygen atoms in total. The monoisotopic (exact) mass is 218 g/mol. The van der Waals surface area contributed by atoms with Gasteiger partial charge in [-0.1, -0.05) is 0 Å². The first-order valence-electron chi connectivity index (χ1n) is 4.87. The van der Waals surface area contributed by atoms with Crippen molar-refractivity contribution in [1.29, 1.82) is 0 Å². The Balaban J connectivity index is 3.05. The van der Waals surface area contributed by atoms with E-state index in [4.69, 9.17) is 5.11 Å². The molecule has 15 heavy (non-hydrogen) atoms. The van der Waals surface area contributed by atoms with Crippen molar-refractivity contribution in [3.63, 3.8) is 0 Å². The third-order valence-corrected chi connectivity index (χ3v) is 1.73. The topological polar surface area (TPSA) is 87.7 Å². The second kappa shape index (κ2) is 9.42. The van der Waals surface area contributed by atoms with Crippen LogP contribution in [-0.2, 0) is 14.3 Å². The van der Waals surface area contributed by atoms with Gasteiger partial charge in [-0.15, -0.1) is 0 Å². The molecule has 88 valence electrons. The minimum Gasteiger partial charge on any atom is -0.480 e. The molecule has 0 heterocycles. The van der Waals surface area contributed by atoms with E-state index in [1.165, 1.54) is 7.11 Å². The van der Waals surface area contributed by atoms with Gasteiger partial charge in [-0.3, -0.25) is 9.59 Å². The Hall–Kier alpha value is -1.14. The number of unbranched alkanes of at least 4 members (excludes halogenated alkanes) is 1. The van der Waals surface area contributed by atoms with Gasteiger partial charge in [0.1, 0.15) is 0 Å². The maximum atomic E-state index is 10.7. The normalized spacial score (nSPS) is 9.93. The van der Waals surface area contributed by atoms with Gasteiger partial charge in [-0.05, 0) is 25.9 Å². The van der Waals surface area contributed by atoms with Crippen molar-refractivity contribution in [3.05, 3.63) is 0 Å². The van der Waals surface area contributed by atoms with Crippen LogP contribution < -0.4 is 10.6 Å². The number of hydrogen-bond donors (Lipinski definition) is 3. The van der Waals surface area contributed by atoms with Gasteiger partial charge in [0.15, 0.2) is 0 Å². The van der Waals surface area contributed by atoms with E-state index in [9.17, 15) is 9.59 Å². The lowest BCUT2D eigenvalue weighted by atomic mass is 10.3. The number of esters is 1. The molecule has 0 aliphatic rings. The summed E-state index contributed by atoms with van der Waals surface area (Å²) in [5.74, 6) is -1.13. The number of carboxylic acid groups (broad SMARTS) is 1. The number of hydrogen-bond acceptors (Lipinski definition) is 5. The third kappa shape index (κ3) is 10.8. The highest BCUT2D eigenvalue weighted by Crippen LogP contribution is 1.84. The van der Waals surface area contributed by atoms with Crippen molar-refractivity contribution >= 4 is 11.9 Å². The quantitative estimate of drug-likeness (QED) is 0.347. The average Bonchev–Trinajstić information content (AvgIpc) is 2.21. The van der Waals surface area contributed by atoms with E-state index in [1.54, 1.807) is 0 Å². The highest BCUT2D eigenvalue weighted by atomic mass is 16.5. The second-order valence-electron chi connectivity index (χ2n) is 3.03. The van der Waals surface area contributed by atoms with Crippen LogP contribution in [0.1, 0.15) is 12.8 Å². The third-order valence-electron chi connectivity index (χ3n) is 1.73. The van der Waals surface area contributed by atoms with Crippen LogP contribution in [0.2, 0.25) is 0 Å². The predicted octanol–water partition coefficient (Wildman–Crippen LogP) is -0.797. The van der Waals surface area contributed by atoms with Crippen LogP contribution in [0.4, 0.5) is 0 Å². The summed E-state index contributed by atoms with van der Waals surface area (Å²) >= 11 is 0. The molecule has 0 aromatic heterocycles. The number of aliphatic carboxylic acids is 1. The number of carboxylic acids is 1. The van der Waals surface area contributed by atoms with Gasteiger partial charge in [-0.25, -0.2) is 0 Å². The van der Waals surface area contributed by atoms with E-state index in [0.717, 1.165) is 19.4 Å². The Morgan fingerprint density at radius 3 is 2.13 bits per heavy atom. The van der Waals surface area contributed by atoms with Crippen LogP contribution in [0.5, 0.6) is 0 Å². The molecule has 0 atom stereocenters. The Morgan fingerprint density at radius 1 is 1.13 bits per heavy atom. The van der Waals surface area contributed by atoms with E-state index in [2.05, 4.69) is 15.4 Å². The summed E-state index contributed by atoms with van der Waals surface area (Å²) in [7, 11) is 1.35. The molecule has 0 rings (SSSR count). The molecule has 0 fully saturated rings. The summed E-state index contributed by atoms with van der Waals surface area (Å²) in [6.45, 7) is 1.62. The molecule has 0 aliphatic heterocycles. The molecule has 3 N–H and O–H groups in total. The fraction of sp³-hybridized carbons (Fsp3) is 0.778. The number of methoxy groups -OCH3 is 1. The zero-order valence-electron chi connectivity index (χ0n) is 8.91. The standard InChI is InChI=1S/C9H18N2O4/c1-15-9(14)7-11-5-3-2-4-10-6-8(12)13/h10-11H,2-7H2,1H3,(H,12,13). The van der Waals surface area contributed by atoms with E-state index in [0.29, 0.717) is 6.54 Å². The van der Waals surface area contributed by atoms with Crippen molar-refractivity contribution in [2.24, 2.45) is 0 Å². The first kappa shape index (κ1) is 13.9. The van der Waals surface area contributed by atoms with Crippen LogP contribution in [0.15, 0.2) is 0 Å². The van der Waals surface area contributed by atoms with Gasteiger partial charge < -0.3 is 20.5 Å². The van der Waals surface area contributed by atoms with E-state index >= 15 is 0 Å². The van der Waals surface area contributed by atoms with Crippen LogP contribution in [-0.4, -0.2) is 50.3 Å². The first-order valence-corrected chi connectivity index (χ1v) is 4.87. The number of ether oxygens (including phenoxy) is 1. The van der Waals surface area contributed by atoms with Crippen LogP contribution in [0.25, 0.3) is 0 Å². The Labute approximate surface area is 89.0 Å². The summed E-state index contributed by atoms with van der Waals surface area (Å²) in [5.41, 5.74) is 0. The molecule has 0 spiro atoms. The second-order valence-corrected chi connectivity index (χ2v) is 3.03. The first-order chi connectivity index (χ1) is 7.16. The molecule has 0 radical (unpaired) electrons. The Kier molecular flexibility index (Phi) is 8.70. The van der Waals surface area contributed by atoms with Crippen LogP contribution >= 0.6 is 0 Å². The van der Waals surface area contributed by atoms with Gasteiger partial charge in [0, 0.05) is 0 Å². The summed E-state index contributed by atoms with van der Waals surface area (Å²) < 4.78 is 4.44. The molecule has 0 aromatic rings. The molecule has 0 unspecified atom stereocenters. The smallest absolute Gasteiger partial charge is 0.319 e. The minimum atomic E-state index is -0.848. The minimum absolute atomic E-state index is 0.00438. The lowest BCUT2D eigenvalue weighted by Gasteiger charge is -2.03. The van der Waals surface area contributed by atoms with Crippen molar-refractivity contribution in [1.82, 2.24) is 10.6 Å². The molecule has 0 saturated heterocycles. The van der Waals surface area contributed by atoms with Gasteiger partial charge in [0.2, 0.25) is 0 Å². The molecule has 0 aromatic carbocycles. The fourth-order valence-corrected chi connectivity index (χ4v) is 0.958. The molecule has 0 aliphatic carbocycles. The van der Waals surface area contributed by atoms with Gasteiger partial charge in [0.05, 0.1) is 20.2 Å². The number of carbonyl (C=O) groups excluding carboxylic acids is 1. The Bertz CT molecular complexity index is 197. The van der Waals surface area contributed by atoms with Crippen molar-refractivity contribution in [3.8, 4) is 0 Å². The molecular formula is C9H18N2O4. The fourth-order valence-electron chi connectivity index (χ4n) is 0.958. The Morgan fingerprint density at radius 2 is 1.67 bits per heavy atom. The summed E-state index contributed by atoms with van der Waals surface area (Å²) in [6.07, 6.45) is 1.77. The molecule has 0 bridgehead atoms. The lowest BCUT2D eigenvalue weighted by molar-refractivity contribution is -0.139. The van der Waals surface area contributed by atoms with Gasteiger partial charge in [0.25, 0.3) is 0 Å². The summed E-state index contributed by atoms with van der Waals surface area (Å²) in [5, 5.41) is 14.0. The van der Waals surface area contributed by atoms with Crippen molar-refractivity contribution in [2.75, 3.05) is 33.3 Å². The van der Waals surface area contributed by atoms with E-state index in [-0.39, 0.29) is 19.1 Å². The molecule has 6 heteroatoms. The van der Waals surface area contributed by atoms with Gasteiger partial charge >= 0.3 is 11.9 Å². The average molecular weight is 218 g/mol. The number of carbonyl (C=O) groups is 2. The number of nitrogens with one attached hydrogen (secondary N) is 2. The summed E-state index contributed by atoms with van der Waals surface area (Å²) in [6, 6.07) is 0. The predicted molar refractivity (Wildman–Crippen MR) is 54.6 cm³/mol. The maximum Gasteiger partial charge on any atom is 0.319 e. The van der Waals surface area contributed by atoms with E-state index in [1.807, 2.05) is 0 Å². The van der Waals surface area contributed by atoms with Crippen LogP contribution in [0.3, 0.4) is 0 Å². The SMILES string of the molecule is COC(=O)CNCCCCNCC(=O)O. The van der Waals surface area contributed by atoms with Crippen molar-refractivity contribution < 1.29 is 19.4 Å². The number of rotatable bonds is 9. The molecular weight excluding hydrogens is 200 g/mol. The maximum absolute atomic E-state index is 10.7. The van der Waals surface area contributed by atoms with Gasteiger partial charge in [-0.2, -0.15) is 0 Å². The van der Waals surface area contributed by atoms with E-state index < -0.39 is 5.97 Å². The largest absolute Gasteiger partial charge is 0.480 e. The molecule has 0 amide bonds. The zero-order chi connectivity index (χ0) is 11.5. The lowest BCUT2D eigenvalue weighted by Crippen LogP contribution is -2.26. The van der Waals surface area contributed by atoms with Crippen molar-refractivity contribution in [2.45, 2.75) is 12.8 Å². The zero-order valence-corrected chi connectivity index (χ0v) is 8.91.